The Morgan fingerprint density at radius 1 is 1.45 bits per heavy atom. The zero-order valence-corrected chi connectivity index (χ0v) is 12.9. The number of rotatable bonds is 4. The summed E-state index contributed by atoms with van der Waals surface area (Å²) >= 11 is 0. The Morgan fingerprint density at radius 3 is 2.80 bits per heavy atom. The summed E-state index contributed by atoms with van der Waals surface area (Å²) in [6.45, 7) is 8.52. The van der Waals surface area contributed by atoms with Crippen molar-refractivity contribution in [3.05, 3.63) is 24.0 Å². The van der Waals surface area contributed by atoms with Crippen molar-refractivity contribution in [2.45, 2.75) is 45.2 Å². The molecule has 1 aliphatic rings. The van der Waals surface area contributed by atoms with Crippen molar-refractivity contribution in [2.24, 2.45) is 0 Å². The average molecular weight is 280 g/mol. The number of anilines is 1. The maximum absolute atomic E-state index is 13.6. The molecule has 2 atom stereocenters. The maximum atomic E-state index is 13.6. The van der Waals surface area contributed by atoms with Gasteiger partial charge in [-0.15, -0.1) is 0 Å². The lowest BCUT2D eigenvalue weighted by Gasteiger charge is -2.47. The van der Waals surface area contributed by atoms with Crippen molar-refractivity contribution in [1.29, 1.82) is 0 Å². The summed E-state index contributed by atoms with van der Waals surface area (Å²) in [6, 6.07) is 5.58. The van der Waals surface area contributed by atoms with Crippen molar-refractivity contribution in [3.63, 3.8) is 0 Å². The van der Waals surface area contributed by atoms with E-state index in [1.165, 1.54) is 13.2 Å². The molecule has 112 valence electrons. The fraction of sp³-hybridized carbons (Fsp3) is 0.625. The Hall–Kier alpha value is -1.29. The summed E-state index contributed by atoms with van der Waals surface area (Å²) in [4.78, 5) is 2.38. The third kappa shape index (κ3) is 2.90. The van der Waals surface area contributed by atoms with E-state index in [4.69, 9.17) is 4.74 Å². The molecule has 20 heavy (non-hydrogen) atoms. The van der Waals surface area contributed by atoms with Crippen LogP contribution in [0.15, 0.2) is 18.2 Å². The van der Waals surface area contributed by atoms with E-state index in [1.807, 2.05) is 6.07 Å². The molecule has 1 N–H and O–H groups in total. The summed E-state index contributed by atoms with van der Waals surface area (Å²) in [5.41, 5.74) is 1.14. The van der Waals surface area contributed by atoms with Crippen LogP contribution in [0.5, 0.6) is 5.75 Å². The average Bonchev–Trinajstić information content (AvgIpc) is 2.48. The monoisotopic (exact) mass is 280 g/mol. The molecule has 0 aromatic heterocycles. The molecule has 0 radical (unpaired) electrons. The molecule has 1 heterocycles. The fourth-order valence-electron chi connectivity index (χ4n) is 2.77. The molecule has 0 aliphatic carbocycles. The summed E-state index contributed by atoms with van der Waals surface area (Å²) in [5.74, 6) is 0.00627. The molecule has 2 unspecified atom stereocenters. The van der Waals surface area contributed by atoms with Gasteiger partial charge in [-0.1, -0.05) is 13.8 Å². The van der Waals surface area contributed by atoms with Crippen LogP contribution in [0, 0.1) is 5.82 Å². The minimum Gasteiger partial charge on any atom is -0.494 e. The largest absolute Gasteiger partial charge is 0.494 e. The van der Waals surface area contributed by atoms with Gasteiger partial charge in [0.2, 0.25) is 0 Å². The molecule has 3 nitrogen and oxygen atoms in total. The van der Waals surface area contributed by atoms with Gasteiger partial charge in [-0.05, 0) is 31.9 Å². The number of piperazine rings is 1. The number of halogens is 1. The van der Waals surface area contributed by atoms with Gasteiger partial charge in [0.1, 0.15) is 0 Å². The van der Waals surface area contributed by atoms with Crippen molar-refractivity contribution in [2.75, 3.05) is 25.1 Å². The Labute approximate surface area is 121 Å². The van der Waals surface area contributed by atoms with Gasteiger partial charge in [-0.25, -0.2) is 4.39 Å². The SMILES string of the molecule is CCC1CNC(C)(CC)CN1c1ccc(F)c(OC)c1. The number of hydrogen-bond acceptors (Lipinski definition) is 3. The number of hydrogen-bond donors (Lipinski definition) is 1. The molecule has 0 bridgehead atoms. The van der Waals surface area contributed by atoms with E-state index in [2.05, 4.69) is 31.0 Å². The zero-order chi connectivity index (χ0) is 14.8. The van der Waals surface area contributed by atoms with Crippen molar-refractivity contribution < 1.29 is 9.13 Å². The Morgan fingerprint density at radius 2 is 2.20 bits per heavy atom. The van der Waals surface area contributed by atoms with E-state index in [9.17, 15) is 4.39 Å². The summed E-state index contributed by atoms with van der Waals surface area (Å²) < 4.78 is 18.7. The number of nitrogens with one attached hydrogen (secondary N) is 1. The quantitative estimate of drug-likeness (QED) is 0.916. The van der Waals surface area contributed by atoms with E-state index in [-0.39, 0.29) is 11.4 Å². The minimum atomic E-state index is -0.308. The molecular formula is C16H25FN2O. The van der Waals surface area contributed by atoms with Crippen LogP contribution in [0.4, 0.5) is 10.1 Å². The van der Waals surface area contributed by atoms with Crippen LogP contribution < -0.4 is 15.0 Å². The number of benzene rings is 1. The second kappa shape index (κ2) is 6.00. The van der Waals surface area contributed by atoms with Crippen LogP contribution in [-0.2, 0) is 0 Å². The van der Waals surface area contributed by atoms with E-state index in [0.717, 1.165) is 31.6 Å². The van der Waals surface area contributed by atoms with Gasteiger partial charge >= 0.3 is 0 Å². The van der Waals surface area contributed by atoms with Crippen molar-refractivity contribution >= 4 is 5.69 Å². The highest BCUT2D eigenvalue weighted by Crippen LogP contribution is 2.30. The van der Waals surface area contributed by atoms with Gasteiger partial charge in [-0.2, -0.15) is 0 Å². The highest BCUT2D eigenvalue weighted by Gasteiger charge is 2.34. The third-order valence-electron chi connectivity index (χ3n) is 4.44. The first-order valence-electron chi connectivity index (χ1n) is 7.38. The van der Waals surface area contributed by atoms with Gasteiger partial charge < -0.3 is 15.0 Å². The first kappa shape index (κ1) is 15.1. The number of ether oxygens (including phenoxy) is 1. The lowest BCUT2D eigenvalue weighted by Crippen LogP contribution is -2.62. The second-order valence-corrected chi connectivity index (χ2v) is 5.80. The van der Waals surface area contributed by atoms with E-state index >= 15 is 0 Å². The molecule has 1 saturated heterocycles. The zero-order valence-electron chi connectivity index (χ0n) is 12.9. The Balaban J connectivity index is 2.31. The fourth-order valence-corrected chi connectivity index (χ4v) is 2.77. The first-order valence-corrected chi connectivity index (χ1v) is 7.38. The van der Waals surface area contributed by atoms with Gasteiger partial charge in [0.05, 0.1) is 7.11 Å². The van der Waals surface area contributed by atoms with E-state index in [1.54, 1.807) is 6.07 Å². The van der Waals surface area contributed by atoms with Gasteiger partial charge in [0.25, 0.3) is 0 Å². The summed E-state index contributed by atoms with van der Waals surface area (Å²) in [6.07, 6.45) is 2.13. The van der Waals surface area contributed by atoms with Crippen LogP contribution in [-0.4, -0.2) is 31.8 Å². The van der Waals surface area contributed by atoms with Crippen LogP contribution >= 0.6 is 0 Å². The molecule has 0 amide bonds. The Bertz CT molecular complexity index is 466. The van der Waals surface area contributed by atoms with Crippen LogP contribution in [0.3, 0.4) is 0 Å². The molecular weight excluding hydrogens is 255 g/mol. The number of nitrogens with zero attached hydrogens (tertiary/aromatic N) is 1. The highest BCUT2D eigenvalue weighted by atomic mass is 19.1. The van der Waals surface area contributed by atoms with Gasteiger partial charge in [-0.3, -0.25) is 0 Å². The number of methoxy groups -OCH3 is 1. The summed E-state index contributed by atoms with van der Waals surface area (Å²) in [5, 5.41) is 3.64. The lowest BCUT2D eigenvalue weighted by molar-refractivity contribution is 0.276. The highest BCUT2D eigenvalue weighted by molar-refractivity contribution is 5.53. The van der Waals surface area contributed by atoms with E-state index in [0.29, 0.717) is 11.8 Å². The van der Waals surface area contributed by atoms with Crippen LogP contribution in [0.1, 0.15) is 33.6 Å². The maximum Gasteiger partial charge on any atom is 0.165 e. The van der Waals surface area contributed by atoms with E-state index < -0.39 is 0 Å². The van der Waals surface area contributed by atoms with Crippen molar-refractivity contribution in [3.8, 4) is 5.75 Å². The molecule has 1 aliphatic heterocycles. The second-order valence-electron chi connectivity index (χ2n) is 5.80. The Kier molecular flexibility index (Phi) is 4.53. The van der Waals surface area contributed by atoms with Crippen LogP contribution in [0.25, 0.3) is 0 Å². The smallest absolute Gasteiger partial charge is 0.165 e. The molecule has 0 spiro atoms. The van der Waals surface area contributed by atoms with Gasteiger partial charge in [0, 0.05) is 36.4 Å². The molecule has 2 rings (SSSR count). The topological polar surface area (TPSA) is 24.5 Å². The molecule has 0 saturated carbocycles. The van der Waals surface area contributed by atoms with Gasteiger partial charge in [0.15, 0.2) is 11.6 Å². The molecule has 4 heteroatoms. The first-order chi connectivity index (χ1) is 9.53. The molecule has 1 fully saturated rings. The predicted octanol–water partition coefficient (Wildman–Crippen LogP) is 3.19. The standard InChI is InChI=1S/C16H25FN2O/c1-5-12-10-18-16(3,6-2)11-19(12)13-7-8-14(17)15(9-13)20-4/h7-9,12,18H,5-6,10-11H2,1-4H3. The minimum absolute atomic E-state index is 0.104. The van der Waals surface area contributed by atoms with Crippen LogP contribution in [0.2, 0.25) is 0 Å². The third-order valence-corrected chi connectivity index (χ3v) is 4.44. The van der Waals surface area contributed by atoms with Crippen molar-refractivity contribution in [1.82, 2.24) is 5.32 Å². The summed E-state index contributed by atoms with van der Waals surface area (Å²) in [7, 11) is 1.51. The molecule has 1 aromatic rings. The normalized spacial score (nSPS) is 26.6. The lowest BCUT2D eigenvalue weighted by atomic mass is 9.92. The predicted molar refractivity (Wildman–Crippen MR) is 81.1 cm³/mol. The molecule has 1 aromatic carbocycles.